The Labute approximate surface area is 78.1 Å². The maximum atomic E-state index is 10.6. The maximum Gasteiger partial charge on any atom is 0.265 e. The topological polar surface area (TPSA) is 101 Å². The standard InChI is InChI=1S/C5H13NO5S2/c1-5(4-13(9,10)11)3-6-12(2,7)8/h5-6H,3-4H2,1-2H3,(H,9,10,11). The normalized spacial score (nSPS) is 15.6. The largest absolute Gasteiger partial charge is 0.286 e. The Balaban J connectivity index is 3.98. The molecule has 0 heterocycles. The van der Waals surface area contributed by atoms with E-state index in [1.165, 1.54) is 6.92 Å². The van der Waals surface area contributed by atoms with Crippen molar-refractivity contribution in [2.45, 2.75) is 6.92 Å². The average Bonchev–Trinajstić information content (AvgIpc) is 1.78. The lowest BCUT2D eigenvalue weighted by atomic mass is 10.2. The molecule has 0 amide bonds. The number of rotatable bonds is 5. The fourth-order valence-corrected chi connectivity index (χ4v) is 2.14. The summed E-state index contributed by atoms with van der Waals surface area (Å²) >= 11 is 0. The van der Waals surface area contributed by atoms with Gasteiger partial charge in [-0.05, 0) is 5.92 Å². The highest BCUT2D eigenvalue weighted by Crippen LogP contribution is 1.97. The van der Waals surface area contributed by atoms with E-state index >= 15 is 0 Å². The Morgan fingerprint density at radius 3 is 2.08 bits per heavy atom. The van der Waals surface area contributed by atoms with E-state index in [1.54, 1.807) is 0 Å². The number of hydrogen-bond donors (Lipinski definition) is 2. The SMILES string of the molecule is CC(CNS(C)(=O)=O)CS(=O)(=O)O. The molecule has 0 fully saturated rings. The Morgan fingerprint density at radius 1 is 1.31 bits per heavy atom. The Morgan fingerprint density at radius 2 is 1.77 bits per heavy atom. The van der Waals surface area contributed by atoms with Crippen LogP contribution in [-0.2, 0) is 20.1 Å². The zero-order chi connectivity index (χ0) is 10.7. The quantitative estimate of drug-likeness (QED) is 0.595. The zero-order valence-electron chi connectivity index (χ0n) is 7.39. The van der Waals surface area contributed by atoms with Crippen LogP contribution in [0.25, 0.3) is 0 Å². The van der Waals surface area contributed by atoms with Crippen molar-refractivity contribution in [1.29, 1.82) is 0 Å². The van der Waals surface area contributed by atoms with Crippen molar-refractivity contribution in [3.8, 4) is 0 Å². The third-order valence-electron chi connectivity index (χ3n) is 1.19. The predicted molar refractivity (Wildman–Crippen MR) is 48.4 cm³/mol. The second-order valence-electron chi connectivity index (χ2n) is 2.97. The summed E-state index contributed by atoms with van der Waals surface area (Å²) in [6.07, 6.45) is 0.979. The molecule has 0 aromatic heterocycles. The van der Waals surface area contributed by atoms with Crippen molar-refractivity contribution in [1.82, 2.24) is 4.72 Å². The summed E-state index contributed by atoms with van der Waals surface area (Å²) < 4.78 is 52.4. The fourth-order valence-electron chi connectivity index (χ4n) is 0.712. The van der Waals surface area contributed by atoms with Crippen LogP contribution in [0.15, 0.2) is 0 Å². The molecule has 0 bridgehead atoms. The Hall–Kier alpha value is -0.180. The van der Waals surface area contributed by atoms with Gasteiger partial charge in [0, 0.05) is 6.54 Å². The van der Waals surface area contributed by atoms with Gasteiger partial charge < -0.3 is 0 Å². The molecule has 0 aliphatic carbocycles. The summed E-state index contributed by atoms with van der Waals surface area (Å²) in [5.74, 6) is -0.903. The summed E-state index contributed by atoms with van der Waals surface area (Å²) in [5.41, 5.74) is 0. The molecule has 0 saturated carbocycles. The molecule has 0 rings (SSSR count). The van der Waals surface area contributed by atoms with Crippen LogP contribution in [0.4, 0.5) is 0 Å². The van der Waals surface area contributed by atoms with Gasteiger partial charge in [-0.2, -0.15) is 8.42 Å². The molecule has 0 aliphatic rings. The van der Waals surface area contributed by atoms with Crippen LogP contribution in [0.2, 0.25) is 0 Å². The first kappa shape index (κ1) is 12.8. The molecule has 6 nitrogen and oxygen atoms in total. The molecule has 0 spiro atoms. The van der Waals surface area contributed by atoms with Crippen LogP contribution >= 0.6 is 0 Å². The van der Waals surface area contributed by atoms with Crippen molar-refractivity contribution in [3.05, 3.63) is 0 Å². The molecule has 0 aromatic carbocycles. The van der Waals surface area contributed by atoms with Gasteiger partial charge in [0.15, 0.2) is 0 Å². The molecule has 0 saturated heterocycles. The molecule has 1 unspecified atom stereocenters. The summed E-state index contributed by atoms with van der Waals surface area (Å²) in [6, 6.07) is 0. The summed E-state index contributed by atoms with van der Waals surface area (Å²) in [5, 5.41) is 0. The minimum absolute atomic E-state index is 0.00137. The number of hydrogen-bond acceptors (Lipinski definition) is 4. The first-order valence-corrected chi connectivity index (χ1v) is 7.00. The van der Waals surface area contributed by atoms with E-state index in [2.05, 4.69) is 4.72 Å². The predicted octanol–water partition coefficient (Wildman–Crippen LogP) is -0.940. The van der Waals surface area contributed by atoms with Gasteiger partial charge in [-0.25, -0.2) is 13.1 Å². The molecular formula is C5H13NO5S2. The summed E-state index contributed by atoms with van der Waals surface area (Å²) in [4.78, 5) is 0. The highest BCUT2D eigenvalue weighted by molar-refractivity contribution is 7.88. The number of nitrogens with one attached hydrogen (secondary N) is 1. The van der Waals surface area contributed by atoms with Crippen LogP contribution in [0.5, 0.6) is 0 Å². The monoisotopic (exact) mass is 231 g/mol. The van der Waals surface area contributed by atoms with Crippen molar-refractivity contribution in [2.24, 2.45) is 5.92 Å². The highest BCUT2D eigenvalue weighted by atomic mass is 32.2. The highest BCUT2D eigenvalue weighted by Gasteiger charge is 2.13. The third-order valence-corrected chi connectivity index (χ3v) is 2.87. The van der Waals surface area contributed by atoms with E-state index in [0.29, 0.717) is 0 Å². The van der Waals surface area contributed by atoms with E-state index in [4.69, 9.17) is 4.55 Å². The second-order valence-corrected chi connectivity index (χ2v) is 6.30. The van der Waals surface area contributed by atoms with Crippen molar-refractivity contribution in [2.75, 3.05) is 18.6 Å². The first-order chi connectivity index (χ1) is 5.60. The zero-order valence-corrected chi connectivity index (χ0v) is 9.02. The third kappa shape index (κ3) is 9.74. The van der Waals surface area contributed by atoms with Crippen molar-refractivity contribution in [3.63, 3.8) is 0 Å². The fraction of sp³-hybridized carbons (Fsp3) is 1.00. The molecule has 1 atom stereocenters. The minimum Gasteiger partial charge on any atom is -0.286 e. The smallest absolute Gasteiger partial charge is 0.265 e. The average molecular weight is 231 g/mol. The summed E-state index contributed by atoms with van der Waals surface area (Å²) in [7, 11) is -7.33. The van der Waals surface area contributed by atoms with E-state index in [0.717, 1.165) is 6.26 Å². The van der Waals surface area contributed by atoms with Crippen LogP contribution in [0, 0.1) is 5.92 Å². The lowest BCUT2D eigenvalue weighted by Gasteiger charge is -2.08. The first-order valence-electron chi connectivity index (χ1n) is 3.50. The summed E-state index contributed by atoms with van der Waals surface area (Å²) in [6.45, 7) is 1.52. The van der Waals surface area contributed by atoms with Gasteiger partial charge in [-0.15, -0.1) is 0 Å². The van der Waals surface area contributed by atoms with Crippen LogP contribution < -0.4 is 4.72 Å². The Bertz CT molecular complexity index is 343. The molecule has 0 aliphatic heterocycles. The molecule has 0 aromatic rings. The van der Waals surface area contributed by atoms with Gasteiger partial charge in [0.25, 0.3) is 10.1 Å². The van der Waals surface area contributed by atoms with Gasteiger partial charge >= 0.3 is 0 Å². The van der Waals surface area contributed by atoms with Gasteiger partial charge in [-0.3, -0.25) is 4.55 Å². The van der Waals surface area contributed by atoms with Crippen molar-refractivity contribution < 1.29 is 21.4 Å². The van der Waals surface area contributed by atoms with E-state index in [1.807, 2.05) is 0 Å². The van der Waals surface area contributed by atoms with Crippen LogP contribution in [0.1, 0.15) is 6.92 Å². The van der Waals surface area contributed by atoms with E-state index in [-0.39, 0.29) is 6.54 Å². The van der Waals surface area contributed by atoms with E-state index < -0.39 is 31.8 Å². The van der Waals surface area contributed by atoms with Gasteiger partial charge in [0.05, 0.1) is 12.0 Å². The van der Waals surface area contributed by atoms with Gasteiger partial charge in [-0.1, -0.05) is 6.92 Å². The molecule has 8 heteroatoms. The maximum absolute atomic E-state index is 10.6. The number of sulfonamides is 1. The lowest BCUT2D eigenvalue weighted by molar-refractivity contribution is 0.467. The van der Waals surface area contributed by atoms with Gasteiger partial charge in [0.1, 0.15) is 0 Å². The molecular weight excluding hydrogens is 218 g/mol. The second kappa shape index (κ2) is 4.36. The minimum atomic E-state index is -4.03. The molecule has 80 valence electrons. The molecule has 0 radical (unpaired) electrons. The lowest BCUT2D eigenvalue weighted by Crippen LogP contribution is -2.30. The van der Waals surface area contributed by atoms with Crippen LogP contribution in [0.3, 0.4) is 0 Å². The van der Waals surface area contributed by atoms with Crippen LogP contribution in [-0.4, -0.2) is 39.9 Å². The van der Waals surface area contributed by atoms with Gasteiger partial charge in [0.2, 0.25) is 10.0 Å². The Kier molecular flexibility index (Phi) is 4.30. The molecule has 2 N–H and O–H groups in total. The van der Waals surface area contributed by atoms with Crippen molar-refractivity contribution >= 4 is 20.1 Å². The van der Waals surface area contributed by atoms with E-state index in [9.17, 15) is 16.8 Å². The molecule has 13 heavy (non-hydrogen) atoms.